The Labute approximate surface area is 209 Å². The molecule has 3 heteroatoms. The lowest BCUT2D eigenvalue weighted by molar-refractivity contribution is 0.159. The largest absolute Gasteiger partial charge is 0.508 e. The van der Waals surface area contributed by atoms with Gasteiger partial charge in [0.1, 0.15) is 17.2 Å². The summed E-state index contributed by atoms with van der Waals surface area (Å²) in [4.78, 5) is 0. The van der Waals surface area contributed by atoms with Gasteiger partial charge in [-0.3, -0.25) is 0 Å². The molecule has 3 aromatic carbocycles. The van der Waals surface area contributed by atoms with E-state index in [1.165, 1.54) is 36.0 Å². The van der Waals surface area contributed by atoms with Crippen LogP contribution in [0.5, 0.6) is 17.2 Å². The van der Waals surface area contributed by atoms with Gasteiger partial charge in [-0.25, -0.2) is 0 Å². The second-order valence-corrected chi connectivity index (χ2v) is 11.4. The van der Waals surface area contributed by atoms with Crippen molar-refractivity contribution in [3.63, 3.8) is 0 Å². The van der Waals surface area contributed by atoms with Gasteiger partial charge in [0.15, 0.2) is 0 Å². The molecule has 0 heterocycles. The number of phenolic OH excluding ortho intramolecular Hbond substituents is 3. The van der Waals surface area contributed by atoms with Gasteiger partial charge >= 0.3 is 0 Å². The normalized spacial score (nSPS) is 24.6. The number of hydrogen-bond donors (Lipinski definition) is 3. The second kappa shape index (κ2) is 9.26. The number of benzene rings is 3. The Morgan fingerprint density at radius 2 is 1.03 bits per heavy atom. The van der Waals surface area contributed by atoms with E-state index in [1.54, 1.807) is 24.3 Å². The second-order valence-electron chi connectivity index (χ2n) is 11.4. The molecule has 2 aliphatic carbocycles. The fourth-order valence-electron chi connectivity index (χ4n) is 7.31. The Morgan fingerprint density at radius 3 is 1.43 bits per heavy atom. The van der Waals surface area contributed by atoms with Crippen molar-refractivity contribution in [2.75, 3.05) is 0 Å². The third-order valence-corrected chi connectivity index (χ3v) is 9.43. The molecule has 3 nitrogen and oxygen atoms in total. The van der Waals surface area contributed by atoms with E-state index in [1.807, 2.05) is 12.1 Å². The van der Waals surface area contributed by atoms with Gasteiger partial charge in [-0.05, 0) is 121 Å². The molecule has 2 aliphatic rings. The Balaban J connectivity index is 1.50. The first-order valence-electron chi connectivity index (χ1n) is 13.2. The molecule has 0 bridgehead atoms. The highest BCUT2D eigenvalue weighted by Gasteiger charge is 2.50. The first kappa shape index (κ1) is 23.8. The van der Waals surface area contributed by atoms with Gasteiger partial charge in [-0.1, -0.05) is 50.2 Å². The van der Waals surface area contributed by atoms with Crippen LogP contribution in [0.15, 0.2) is 72.8 Å². The Hall–Kier alpha value is -2.94. The van der Waals surface area contributed by atoms with Crippen molar-refractivity contribution in [2.24, 2.45) is 17.8 Å². The molecule has 0 aromatic heterocycles. The van der Waals surface area contributed by atoms with Crippen molar-refractivity contribution in [1.82, 2.24) is 0 Å². The van der Waals surface area contributed by atoms with E-state index in [0.717, 1.165) is 31.6 Å². The first-order chi connectivity index (χ1) is 16.8. The lowest BCUT2D eigenvalue weighted by Gasteiger charge is -2.48. The highest BCUT2D eigenvalue weighted by atomic mass is 16.3. The first-order valence-corrected chi connectivity index (χ1v) is 13.2. The smallest absolute Gasteiger partial charge is 0.115 e. The molecule has 0 amide bonds. The van der Waals surface area contributed by atoms with Crippen LogP contribution < -0.4 is 0 Å². The van der Waals surface area contributed by atoms with Crippen LogP contribution in [0.25, 0.3) is 0 Å². The molecular formula is C32H38O3. The molecule has 5 rings (SSSR count). The zero-order valence-corrected chi connectivity index (χ0v) is 21.0. The minimum atomic E-state index is -0.121. The van der Waals surface area contributed by atoms with Crippen molar-refractivity contribution < 1.29 is 15.3 Å². The van der Waals surface area contributed by atoms with Crippen LogP contribution in [0.4, 0.5) is 0 Å². The molecule has 35 heavy (non-hydrogen) atoms. The average Bonchev–Trinajstić information content (AvgIpc) is 3.32. The standard InChI is InChI=1S/C32H38O3/c1-22(2)23-15-18-32(21-23,26-7-13-30(35)14-8-26)27-16-19-31(20-17-27,24-3-9-28(33)10-4-24)25-5-11-29(34)12-6-25/h3-14,22-23,27,33-35H,15-21H2,1-2H3. The van der Waals surface area contributed by atoms with Gasteiger partial charge in [0, 0.05) is 5.41 Å². The summed E-state index contributed by atoms with van der Waals surface area (Å²) in [5.41, 5.74) is 3.92. The molecule has 184 valence electrons. The molecule has 3 N–H and O–H groups in total. The van der Waals surface area contributed by atoms with E-state index in [9.17, 15) is 15.3 Å². The van der Waals surface area contributed by atoms with E-state index < -0.39 is 0 Å². The van der Waals surface area contributed by atoms with Crippen LogP contribution in [0.1, 0.15) is 75.5 Å². The predicted molar refractivity (Wildman–Crippen MR) is 141 cm³/mol. The maximum absolute atomic E-state index is 9.96. The van der Waals surface area contributed by atoms with E-state index >= 15 is 0 Å². The monoisotopic (exact) mass is 470 g/mol. The van der Waals surface area contributed by atoms with Crippen LogP contribution >= 0.6 is 0 Å². The van der Waals surface area contributed by atoms with Crippen LogP contribution in [0.3, 0.4) is 0 Å². The SMILES string of the molecule is CC(C)C1CCC(c2ccc(O)cc2)(C2CCC(c3ccc(O)cc3)(c3ccc(O)cc3)CC2)C1. The molecule has 2 atom stereocenters. The minimum Gasteiger partial charge on any atom is -0.508 e. The summed E-state index contributed by atoms with van der Waals surface area (Å²) in [5.74, 6) is 2.94. The summed E-state index contributed by atoms with van der Waals surface area (Å²) < 4.78 is 0. The molecular weight excluding hydrogens is 432 g/mol. The fourth-order valence-corrected chi connectivity index (χ4v) is 7.31. The quantitative estimate of drug-likeness (QED) is 0.358. The summed E-state index contributed by atoms with van der Waals surface area (Å²) in [6.45, 7) is 4.72. The van der Waals surface area contributed by atoms with Crippen LogP contribution in [0, 0.1) is 17.8 Å². The van der Waals surface area contributed by atoms with E-state index in [0.29, 0.717) is 29.1 Å². The summed E-state index contributed by atoms with van der Waals surface area (Å²) in [6.07, 6.45) is 8.07. The number of phenols is 3. The Kier molecular flexibility index (Phi) is 6.29. The lowest BCUT2D eigenvalue weighted by atomic mass is 9.56. The van der Waals surface area contributed by atoms with Gasteiger partial charge in [0.05, 0.1) is 0 Å². The van der Waals surface area contributed by atoms with Crippen LogP contribution in [-0.4, -0.2) is 15.3 Å². The zero-order valence-electron chi connectivity index (χ0n) is 21.0. The van der Waals surface area contributed by atoms with Gasteiger partial charge in [-0.15, -0.1) is 0 Å². The van der Waals surface area contributed by atoms with Crippen molar-refractivity contribution in [2.45, 2.75) is 69.6 Å². The van der Waals surface area contributed by atoms with Crippen molar-refractivity contribution in [3.8, 4) is 17.2 Å². The van der Waals surface area contributed by atoms with Gasteiger partial charge in [0.2, 0.25) is 0 Å². The maximum atomic E-state index is 9.96. The summed E-state index contributed by atoms with van der Waals surface area (Å²) in [5, 5.41) is 29.8. The highest BCUT2D eigenvalue weighted by molar-refractivity contribution is 5.44. The Bertz CT molecular complexity index is 1080. The van der Waals surface area contributed by atoms with Crippen molar-refractivity contribution >= 4 is 0 Å². The predicted octanol–water partition coefficient (Wildman–Crippen LogP) is 7.67. The molecule has 2 saturated carbocycles. The third kappa shape index (κ3) is 4.30. The summed E-state index contributed by atoms with van der Waals surface area (Å²) in [7, 11) is 0. The number of rotatable bonds is 5. The molecule has 0 aliphatic heterocycles. The maximum Gasteiger partial charge on any atom is 0.115 e. The van der Waals surface area contributed by atoms with Crippen LogP contribution in [-0.2, 0) is 10.8 Å². The number of hydrogen-bond acceptors (Lipinski definition) is 3. The molecule has 0 radical (unpaired) electrons. The number of aromatic hydroxyl groups is 3. The summed E-state index contributed by atoms with van der Waals surface area (Å²) in [6, 6.07) is 23.5. The van der Waals surface area contributed by atoms with Gasteiger partial charge in [-0.2, -0.15) is 0 Å². The molecule has 3 aromatic rings. The lowest BCUT2D eigenvalue weighted by Crippen LogP contribution is -2.41. The van der Waals surface area contributed by atoms with Crippen molar-refractivity contribution in [3.05, 3.63) is 89.5 Å². The van der Waals surface area contributed by atoms with E-state index in [-0.39, 0.29) is 10.8 Å². The molecule has 2 fully saturated rings. The van der Waals surface area contributed by atoms with Gasteiger partial charge in [0.25, 0.3) is 0 Å². The average molecular weight is 471 g/mol. The summed E-state index contributed by atoms with van der Waals surface area (Å²) >= 11 is 0. The molecule has 0 saturated heterocycles. The fraction of sp³-hybridized carbons (Fsp3) is 0.438. The van der Waals surface area contributed by atoms with Gasteiger partial charge < -0.3 is 15.3 Å². The van der Waals surface area contributed by atoms with Crippen molar-refractivity contribution in [1.29, 1.82) is 0 Å². The zero-order chi connectivity index (χ0) is 24.6. The molecule has 2 unspecified atom stereocenters. The highest BCUT2D eigenvalue weighted by Crippen LogP contribution is 2.58. The van der Waals surface area contributed by atoms with E-state index in [4.69, 9.17) is 0 Å². The minimum absolute atomic E-state index is 0.121. The molecule has 0 spiro atoms. The topological polar surface area (TPSA) is 60.7 Å². The third-order valence-electron chi connectivity index (χ3n) is 9.43. The van der Waals surface area contributed by atoms with Crippen LogP contribution in [0.2, 0.25) is 0 Å². The van der Waals surface area contributed by atoms with E-state index in [2.05, 4.69) is 50.2 Å². The Morgan fingerprint density at radius 1 is 0.600 bits per heavy atom.